The second kappa shape index (κ2) is 10.8. The molecule has 3 aromatic carbocycles. The van der Waals surface area contributed by atoms with Crippen LogP contribution in [0, 0.1) is 5.82 Å². The number of carboxylic acids is 1. The van der Waals surface area contributed by atoms with Crippen molar-refractivity contribution in [3.05, 3.63) is 91.7 Å². The first-order valence-corrected chi connectivity index (χ1v) is 12.4. The summed E-state index contributed by atoms with van der Waals surface area (Å²) in [6, 6.07) is 12.7. The highest BCUT2D eigenvalue weighted by Gasteiger charge is 2.38. The zero-order chi connectivity index (χ0) is 26.9. The maximum absolute atomic E-state index is 14.0. The van der Waals surface area contributed by atoms with E-state index in [1.54, 1.807) is 30.3 Å². The lowest BCUT2D eigenvalue weighted by Crippen LogP contribution is -2.35. The smallest absolute Gasteiger partial charge is 0.323 e. The van der Waals surface area contributed by atoms with E-state index in [-0.39, 0.29) is 17.1 Å². The molecule has 1 heterocycles. The van der Waals surface area contributed by atoms with Gasteiger partial charge in [0, 0.05) is 30.5 Å². The molecule has 6 nitrogen and oxygen atoms in total. The van der Waals surface area contributed by atoms with Gasteiger partial charge in [-0.15, -0.1) is 0 Å². The number of rotatable bonds is 8. The van der Waals surface area contributed by atoms with Gasteiger partial charge in [-0.3, -0.25) is 9.59 Å². The largest absolute Gasteiger partial charge is 0.493 e. The zero-order valence-corrected chi connectivity index (χ0v) is 22.3. The van der Waals surface area contributed by atoms with Gasteiger partial charge in [-0.05, 0) is 54.4 Å². The summed E-state index contributed by atoms with van der Waals surface area (Å²) in [6.45, 7) is 1.38. The van der Waals surface area contributed by atoms with Crippen molar-refractivity contribution in [2.75, 3.05) is 13.7 Å². The molecule has 37 heavy (non-hydrogen) atoms. The van der Waals surface area contributed by atoms with Gasteiger partial charge in [0.1, 0.15) is 18.0 Å². The van der Waals surface area contributed by atoms with Crippen LogP contribution in [0.25, 0.3) is 0 Å². The van der Waals surface area contributed by atoms with Gasteiger partial charge >= 0.3 is 5.97 Å². The van der Waals surface area contributed by atoms with Crippen LogP contribution >= 0.6 is 34.8 Å². The summed E-state index contributed by atoms with van der Waals surface area (Å²) in [5.74, 6) is -1.33. The summed E-state index contributed by atoms with van der Waals surface area (Å²) in [5.41, 5.74) is 1.59. The number of amides is 1. The van der Waals surface area contributed by atoms with Crippen LogP contribution < -0.4 is 9.47 Å². The maximum Gasteiger partial charge on any atom is 0.323 e. The molecule has 1 aliphatic heterocycles. The molecule has 0 bridgehead atoms. The lowest BCUT2D eigenvalue weighted by atomic mass is 9.91. The Morgan fingerprint density at radius 2 is 1.76 bits per heavy atom. The fraction of sp³-hybridized carbons (Fsp3) is 0.259. The summed E-state index contributed by atoms with van der Waals surface area (Å²) in [4.78, 5) is 26.2. The Bertz CT molecular complexity index is 1380. The maximum atomic E-state index is 14.0. The van der Waals surface area contributed by atoms with Crippen molar-refractivity contribution in [3.8, 4) is 11.5 Å². The third-order valence-corrected chi connectivity index (χ3v) is 7.09. The van der Waals surface area contributed by atoms with Crippen molar-refractivity contribution in [1.82, 2.24) is 4.90 Å². The Kier molecular flexibility index (Phi) is 7.88. The number of carboxylic acid groups (broad SMARTS) is 1. The van der Waals surface area contributed by atoms with Gasteiger partial charge in [-0.25, -0.2) is 4.39 Å². The van der Waals surface area contributed by atoms with Crippen LogP contribution in [0.15, 0.2) is 48.5 Å². The summed E-state index contributed by atoms with van der Waals surface area (Å²) in [7, 11) is 1.46. The van der Waals surface area contributed by atoms with Crippen LogP contribution in [-0.2, 0) is 24.2 Å². The van der Waals surface area contributed by atoms with Crippen LogP contribution in [0.5, 0.6) is 11.5 Å². The van der Waals surface area contributed by atoms with Gasteiger partial charge in [-0.2, -0.15) is 0 Å². The van der Waals surface area contributed by atoms with Crippen molar-refractivity contribution < 1.29 is 28.6 Å². The Morgan fingerprint density at radius 3 is 2.41 bits per heavy atom. The van der Waals surface area contributed by atoms with Crippen LogP contribution in [-0.4, -0.2) is 41.1 Å². The summed E-state index contributed by atoms with van der Waals surface area (Å²) < 4.78 is 25.7. The molecule has 0 spiro atoms. The molecule has 0 saturated carbocycles. The molecule has 3 aromatic rings. The molecule has 0 radical (unpaired) electrons. The molecule has 0 aromatic heterocycles. The minimum atomic E-state index is -1.16. The first-order valence-electron chi connectivity index (χ1n) is 11.3. The van der Waals surface area contributed by atoms with Gasteiger partial charge in [-0.1, -0.05) is 46.9 Å². The zero-order valence-electron chi connectivity index (χ0n) is 20.0. The van der Waals surface area contributed by atoms with Crippen LogP contribution in [0.4, 0.5) is 4.39 Å². The molecule has 1 amide bonds. The molecule has 1 N–H and O–H groups in total. The van der Waals surface area contributed by atoms with E-state index in [0.717, 1.165) is 5.56 Å². The predicted molar refractivity (Wildman–Crippen MR) is 140 cm³/mol. The average molecular weight is 567 g/mol. The van der Waals surface area contributed by atoms with Crippen molar-refractivity contribution in [1.29, 1.82) is 0 Å². The van der Waals surface area contributed by atoms with E-state index in [2.05, 4.69) is 0 Å². The average Bonchev–Trinajstić information content (AvgIpc) is 3.17. The van der Waals surface area contributed by atoms with Gasteiger partial charge in [0.05, 0.1) is 22.2 Å². The fourth-order valence-electron chi connectivity index (χ4n) is 4.45. The minimum Gasteiger partial charge on any atom is -0.493 e. The number of hydrogen-bond acceptors (Lipinski definition) is 4. The number of carbonyl (C=O) groups excluding carboxylic acids is 1. The Morgan fingerprint density at radius 1 is 1.05 bits per heavy atom. The summed E-state index contributed by atoms with van der Waals surface area (Å²) in [5, 5.41) is 10.1. The van der Waals surface area contributed by atoms with Crippen LogP contribution in [0.3, 0.4) is 0 Å². The topological polar surface area (TPSA) is 76.1 Å². The standard InChI is InChI=1S/C27H23Cl3FNO5/c1-27(11-15-3-6-20(29)22(31)8-15)12-18-9-17(10-23(36-2)25(18)37-27)26(35)32(14-24(33)34)13-16-4-5-19(28)21(30)7-16/h3-10H,11-14H2,1-2H3,(H,33,34)/t27-/m0/s1. The quantitative estimate of drug-likeness (QED) is 0.339. The van der Waals surface area contributed by atoms with Crippen molar-refractivity contribution >= 4 is 46.7 Å². The van der Waals surface area contributed by atoms with E-state index in [0.29, 0.717) is 45.5 Å². The lowest BCUT2D eigenvalue weighted by Gasteiger charge is -2.24. The van der Waals surface area contributed by atoms with Crippen molar-refractivity contribution in [3.63, 3.8) is 0 Å². The van der Waals surface area contributed by atoms with Crippen LogP contribution in [0.1, 0.15) is 34.0 Å². The van der Waals surface area contributed by atoms with E-state index in [4.69, 9.17) is 44.3 Å². The fourth-order valence-corrected chi connectivity index (χ4v) is 4.89. The molecule has 1 atom stereocenters. The van der Waals surface area contributed by atoms with E-state index in [1.165, 1.54) is 30.2 Å². The van der Waals surface area contributed by atoms with E-state index in [1.807, 2.05) is 6.92 Å². The van der Waals surface area contributed by atoms with Crippen molar-refractivity contribution in [2.45, 2.75) is 31.9 Å². The molecule has 194 valence electrons. The third kappa shape index (κ3) is 6.12. The predicted octanol–water partition coefficient (Wildman–Crippen LogP) is 6.46. The summed E-state index contributed by atoms with van der Waals surface area (Å²) in [6.07, 6.45) is 0.820. The number of nitrogens with zero attached hydrogens (tertiary/aromatic N) is 1. The van der Waals surface area contributed by atoms with Gasteiger partial charge in [0.2, 0.25) is 0 Å². The molecule has 0 saturated heterocycles. The number of methoxy groups -OCH3 is 1. The first-order chi connectivity index (χ1) is 17.5. The first kappa shape index (κ1) is 27.0. The molecule has 10 heteroatoms. The molecular weight excluding hydrogens is 544 g/mol. The number of halogens is 4. The number of aliphatic carboxylic acids is 1. The highest BCUT2D eigenvalue weighted by molar-refractivity contribution is 6.42. The number of ether oxygens (including phenoxy) is 2. The van der Waals surface area contributed by atoms with Gasteiger partial charge in [0.15, 0.2) is 11.5 Å². The number of carbonyl (C=O) groups is 2. The number of benzene rings is 3. The van der Waals surface area contributed by atoms with Crippen LogP contribution in [0.2, 0.25) is 15.1 Å². The van der Waals surface area contributed by atoms with E-state index in [9.17, 15) is 19.1 Å². The Labute approximate surface area is 228 Å². The lowest BCUT2D eigenvalue weighted by molar-refractivity contribution is -0.137. The van der Waals surface area contributed by atoms with E-state index >= 15 is 0 Å². The molecule has 0 unspecified atom stereocenters. The van der Waals surface area contributed by atoms with Crippen molar-refractivity contribution in [2.24, 2.45) is 0 Å². The normalized spacial score (nSPS) is 16.2. The molecule has 1 aliphatic rings. The molecular formula is C27H23Cl3FNO5. The third-order valence-electron chi connectivity index (χ3n) is 6.04. The minimum absolute atomic E-state index is 0.0117. The highest BCUT2D eigenvalue weighted by Crippen LogP contribution is 2.44. The molecule has 4 rings (SSSR count). The highest BCUT2D eigenvalue weighted by atomic mass is 35.5. The van der Waals surface area contributed by atoms with E-state index < -0.39 is 29.8 Å². The SMILES string of the molecule is COc1cc(C(=O)N(CC(=O)O)Cc2ccc(Cl)c(Cl)c2)cc2c1O[C@@](C)(Cc1ccc(Cl)c(F)c1)C2. The molecule has 0 fully saturated rings. The molecule has 0 aliphatic carbocycles. The number of fused-ring (bicyclic) bond motifs is 1. The van der Waals surface area contributed by atoms with Gasteiger partial charge in [0.25, 0.3) is 5.91 Å². The monoisotopic (exact) mass is 565 g/mol. The number of hydrogen-bond donors (Lipinski definition) is 1. The second-order valence-electron chi connectivity index (χ2n) is 9.12. The Balaban J connectivity index is 1.61. The second-order valence-corrected chi connectivity index (χ2v) is 10.3. The Hall–Kier alpha value is -3.00. The van der Waals surface area contributed by atoms with Gasteiger partial charge < -0.3 is 19.5 Å². The summed E-state index contributed by atoms with van der Waals surface area (Å²) >= 11 is 17.9.